The third-order valence-corrected chi connectivity index (χ3v) is 5.14. The molecule has 2 heterocycles. The summed E-state index contributed by atoms with van der Waals surface area (Å²) in [5.74, 6) is 1.48. The van der Waals surface area contributed by atoms with Crippen LogP contribution in [-0.4, -0.2) is 47.6 Å². The topological polar surface area (TPSA) is 70.2 Å². The molecule has 2 aliphatic carbocycles. The second kappa shape index (κ2) is 6.43. The third kappa shape index (κ3) is 3.47. The van der Waals surface area contributed by atoms with Gasteiger partial charge in [0, 0.05) is 43.5 Å². The minimum Gasteiger partial charge on any atom is -0.352 e. The third-order valence-electron chi connectivity index (χ3n) is 5.14. The van der Waals surface area contributed by atoms with E-state index in [9.17, 15) is 4.79 Å². The van der Waals surface area contributed by atoms with Gasteiger partial charge in [-0.05, 0) is 31.7 Å². The van der Waals surface area contributed by atoms with Crippen molar-refractivity contribution in [3.63, 3.8) is 0 Å². The number of hydrogen-bond acceptors (Lipinski definition) is 5. The number of rotatable bonds is 4. The van der Waals surface area contributed by atoms with E-state index in [1.54, 1.807) is 0 Å². The normalized spacial score (nSPS) is 25.6. The summed E-state index contributed by atoms with van der Waals surface area (Å²) in [5.41, 5.74) is 1.17. The smallest absolute Gasteiger partial charge is 0.239 e. The summed E-state index contributed by atoms with van der Waals surface area (Å²) in [6.07, 6.45) is 9.21. The zero-order valence-corrected chi connectivity index (χ0v) is 13.5. The van der Waals surface area contributed by atoms with Gasteiger partial charge in [-0.1, -0.05) is 12.8 Å². The van der Waals surface area contributed by atoms with Crippen molar-refractivity contribution in [3.8, 4) is 0 Å². The van der Waals surface area contributed by atoms with Crippen LogP contribution in [0.3, 0.4) is 0 Å². The van der Waals surface area contributed by atoms with E-state index >= 15 is 0 Å². The maximum Gasteiger partial charge on any atom is 0.239 e. The molecule has 4 rings (SSSR count). The van der Waals surface area contributed by atoms with Crippen LogP contribution in [-0.2, 0) is 4.79 Å². The van der Waals surface area contributed by atoms with Crippen molar-refractivity contribution in [3.05, 3.63) is 18.0 Å². The SMILES string of the molecule is O=C(NC1CC1)[C@@H]1CN(c2nccc(C3CCCC3)n2)CCN1. The van der Waals surface area contributed by atoms with Gasteiger partial charge in [0.25, 0.3) is 0 Å². The van der Waals surface area contributed by atoms with E-state index < -0.39 is 0 Å². The number of amides is 1. The van der Waals surface area contributed by atoms with Crippen LogP contribution in [0.2, 0.25) is 0 Å². The molecule has 1 aromatic rings. The number of nitrogens with zero attached hydrogens (tertiary/aromatic N) is 3. The Labute approximate surface area is 137 Å². The van der Waals surface area contributed by atoms with Crippen LogP contribution in [0.1, 0.15) is 50.1 Å². The molecule has 2 N–H and O–H groups in total. The van der Waals surface area contributed by atoms with Gasteiger partial charge < -0.3 is 15.5 Å². The first kappa shape index (κ1) is 14.9. The average molecular weight is 315 g/mol. The van der Waals surface area contributed by atoms with Gasteiger partial charge in [-0.25, -0.2) is 9.97 Å². The monoisotopic (exact) mass is 315 g/mol. The van der Waals surface area contributed by atoms with Gasteiger partial charge in [0.05, 0.1) is 0 Å². The van der Waals surface area contributed by atoms with E-state index in [1.165, 1.54) is 31.4 Å². The molecular weight excluding hydrogens is 290 g/mol. The number of piperazine rings is 1. The first-order chi connectivity index (χ1) is 11.3. The van der Waals surface area contributed by atoms with Gasteiger partial charge in [0.2, 0.25) is 11.9 Å². The van der Waals surface area contributed by atoms with E-state index in [-0.39, 0.29) is 11.9 Å². The van der Waals surface area contributed by atoms with Crippen LogP contribution < -0.4 is 15.5 Å². The number of anilines is 1. The molecule has 0 aromatic carbocycles. The lowest BCUT2D eigenvalue weighted by Crippen LogP contribution is -2.57. The van der Waals surface area contributed by atoms with E-state index in [0.717, 1.165) is 31.9 Å². The van der Waals surface area contributed by atoms with Crippen molar-refractivity contribution in [1.82, 2.24) is 20.6 Å². The number of hydrogen-bond donors (Lipinski definition) is 2. The summed E-state index contributed by atoms with van der Waals surface area (Å²) >= 11 is 0. The second-order valence-corrected chi connectivity index (χ2v) is 7.00. The van der Waals surface area contributed by atoms with Crippen molar-refractivity contribution >= 4 is 11.9 Å². The minimum atomic E-state index is -0.164. The van der Waals surface area contributed by atoms with Crippen LogP contribution in [0, 0.1) is 0 Å². The number of nitrogens with one attached hydrogen (secondary N) is 2. The summed E-state index contributed by atoms with van der Waals surface area (Å²) in [5, 5.41) is 6.40. The van der Waals surface area contributed by atoms with E-state index in [1.807, 2.05) is 6.20 Å². The standard InChI is InChI=1S/C17H25N5O/c23-16(20-13-5-6-13)15-11-22(10-9-18-15)17-19-8-7-14(21-17)12-3-1-2-4-12/h7-8,12-13,15,18H,1-6,9-11H2,(H,20,23)/t15-/m0/s1. The number of aromatic nitrogens is 2. The Morgan fingerprint density at radius 2 is 2.09 bits per heavy atom. The fourth-order valence-corrected chi connectivity index (χ4v) is 3.60. The molecule has 1 aromatic heterocycles. The fraction of sp³-hybridized carbons (Fsp3) is 0.706. The second-order valence-electron chi connectivity index (χ2n) is 7.00. The van der Waals surface area contributed by atoms with Crippen molar-refractivity contribution < 1.29 is 4.79 Å². The van der Waals surface area contributed by atoms with E-state index in [4.69, 9.17) is 4.98 Å². The summed E-state index contributed by atoms with van der Waals surface area (Å²) in [6, 6.07) is 2.30. The Hall–Kier alpha value is -1.69. The maximum absolute atomic E-state index is 12.3. The molecule has 1 saturated heterocycles. The molecule has 0 bridgehead atoms. The predicted octanol–water partition coefficient (Wildman–Crippen LogP) is 1.19. The quantitative estimate of drug-likeness (QED) is 0.873. The van der Waals surface area contributed by atoms with Gasteiger partial charge in [-0.15, -0.1) is 0 Å². The molecule has 1 amide bonds. The maximum atomic E-state index is 12.3. The van der Waals surface area contributed by atoms with Crippen LogP contribution in [0.15, 0.2) is 12.3 Å². The molecule has 1 aliphatic heterocycles. The summed E-state index contributed by atoms with van der Waals surface area (Å²) in [4.78, 5) is 23.7. The molecule has 0 radical (unpaired) electrons. The van der Waals surface area contributed by atoms with Crippen molar-refractivity contribution in [2.24, 2.45) is 0 Å². The summed E-state index contributed by atoms with van der Waals surface area (Å²) < 4.78 is 0. The predicted molar refractivity (Wildman–Crippen MR) is 88.4 cm³/mol. The van der Waals surface area contributed by atoms with Crippen LogP contribution in [0.5, 0.6) is 0 Å². The molecule has 6 heteroatoms. The first-order valence-electron chi connectivity index (χ1n) is 8.91. The average Bonchev–Trinajstić information content (AvgIpc) is 3.24. The fourth-order valence-electron chi connectivity index (χ4n) is 3.60. The molecular formula is C17H25N5O. The molecule has 3 aliphatic rings. The zero-order chi connectivity index (χ0) is 15.6. The van der Waals surface area contributed by atoms with Crippen molar-refractivity contribution in [2.45, 2.75) is 56.5 Å². The first-order valence-corrected chi connectivity index (χ1v) is 8.91. The van der Waals surface area contributed by atoms with E-state index in [0.29, 0.717) is 18.5 Å². The summed E-state index contributed by atoms with van der Waals surface area (Å²) in [7, 11) is 0. The lowest BCUT2D eigenvalue weighted by molar-refractivity contribution is -0.123. The van der Waals surface area contributed by atoms with Gasteiger partial charge in [-0.2, -0.15) is 0 Å². The van der Waals surface area contributed by atoms with Gasteiger partial charge in [0.15, 0.2) is 0 Å². The van der Waals surface area contributed by atoms with Crippen LogP contribution >= 0.6 is 0 Å². The number of carbonyl (C=O) groups excluding carboxylic acids is 1. The van der Waals surface area contributed by atoms with Crippen LogP contribution in [0.25, 0.3) is 0 Å². The van der Waals surface area contributed by atoms with Crippen molar-refractivity contribution in [2.75, 3.05) is 24.5 Å². The Kier molecular flexibility index (Phi) is 4.16. The summed E-state index contributed by atoms with van der Waals surface area (Å²) in [6.45, 7) is 2.29. The Morgan fingerprint density at radius 1 is 1.26 bits per heavy atom. The minimum absolute atomic E-state index is 0.115. The highest BCUT2D eigenvalue weighted by Gasteiger charge is 2.31. The highest BCUT2D eigenvalue weighted by molar-refractivity contribution is 5.83. The molecule has 124 valence electrons. The Balaban J connectivity index is 1.44. The molecule has 0 spiro atoms. The highest BCUT2D eigenvalue weighted by atomic mass is 16.2. The van der Waals surface area contributed by atoms with Gasteiger partial charge in [0.1, 0.15) is 6.04 Å². The van der Waals surface area contributed by atoms with Gasteiger partial charge >= 0.3 is 0 Å². The van der Waals surface area contributed by atoms with Crippen molar-refractivity contribution in [1.29, 1.82) is 0 Å². The molecule has 6 nitrogen and oxygen atoms in total. The molecule has 3 fully saturated rings. The lowest BCUT2D eigenvalue weighted by Gasteiger charge is -2.33. The Bertz CT molecular complexity index is 568. The zero-order valence-electron chi connectivity index (χ0n) is 13.5. The molecule has 2 saturated carbocycles. The number of carbonyl (C=O) groups is 1. The molecule has 1 atom stereocenters. The largest absolute Gasteiger partial charge is 0.352 e. The molecule has 23 heavy (non-hydrogen) atoms. The lowest BCUT2D eigenvalue weighted by atomic mass is 10.0. The molecule has 0 unspecified atom stereocenters. The van der Waals surface area contributed by atoms with Crippen LogP contribution in [0.4, 0.5) is 5.95 Å². The Morgan fingerprint density at radius 3 is 2.87 bits per heavy atom. The van der Waals surface area contributed by atoms with Gasteiger partial charge in [-0.3, -0.25) is 4.79 Å². The highest BCUT2D eigenvalue weighted by Crippen LogP contribution is 2.33. The van der Waals surface area contributed by atoms with E-state index in [2.05, 4.69) is 26.6 Å².